The number of carbonyl (C=O) groups is 2. The Hall–Kier alpha value is -3.91. The van der Waals surface area contributed by atoms with Gasteiger partial charge in [-0.25, -0.2) is 9.18 Å². The van der Waals surface area contributed by atoms with Crippen LogP contribution in [0.25, 0.3) is 0 Å². The summed E-state index contributed by atoms with van der Waals surface area (Å²) in [6, 6.07) is 20.9. The highest BCUT2D eigenvalue weighted by Crippen LogP contribution is 2.43. The average Bonchev–Trinajstić information content (AvgIpc) is 3.11. The number of ether oxygens (including phenoxy) is 2. The van der Waals surface area contributed by atoms with Crippen LogP contribution < -0.4 is 14.4 Å². The molecule has 0 radical (unpaired) electrons. The molecular weight excluding hydrogens is 509 g/mol. The molecule has 1 spiro atoms. The molecule has 3 amide bonds. The highest BCUT2D eigenvalue weighted by Gasteiger charge is 2.59. The summed E-state index contributed by atoms with van der Waals surface area (Å²) in [6.45, 7) is 7.50. The lowest BCUT2D eigenvalue weighted by Gasteiger charge is -2.45. The summed E-state index contributed by atoms with van der Waals surface area (Å²) in [5.41, 5.74) is 1.20. The average molecular weight is 546 g/mol. The third kappa shape index (κ3) is 5.41. The number of nitrogens with zero attached hydrogens (tertiary/aromatic N) is 3. The van der Waals surface area contributed by atoms with Crippen molar-refractivity contribution in [1.29, 1.82) is 0 Å². The summed E-state index contributed by atoms with van der Waals surface area (Å²) in [5, 5.41) is 0. The Morgan fingerprint density at radius 2 is 1.62 bits per heavy atom. The number of benzene rings is 3. The molecule has 3 aromatic rings. The molecule has 2 atom stereocenters. The second kappa shape index (κ2) is 11.3. The van der Waals surface area contributed by atoms with Crippen molar-refractivity contribution in [3.05, 3.63) is 89.7 Å². The van der Waals surface area contributed by atoms with E-state index in [2.05, 4.69) is 24.0 Å². The van der Waals surface area contributed by atoms with Crippen molar-refractivity contribution in [2.75, 3.05) is 18.6 Å². The molecule has 3 aromatic carbocycles. The molecule has 8 heteroatoms. The van der Waals surface area contributed by atoms with Gasteiger partial charge in [0.15, 0.2) is 0 Å². The number of rotatable bonds is 8. The van der Waals surface area contributed by atoms with Crippen LogP contribution in [0.15, 0.2) is 72.8 Å². The highest BCUT2D eigenvalue weighted by atomic mass is 19.1. The molecular formula is C32H36FN3O4. The standard InChI is InChI=1S/C32H36FN3O4/c1-22(2)40-29-13-6-8-24(17-29)20-34-15-14-32(19-23(34)3)30(37)35(21-25-9-5-12-28(16-25)39-4)31(38)36(32)27-11-7-10-26(33)18-27/h5-13,16-18,22-23H,14-15,19-21H2,1-4H3/t23-,32?/m0/s1. The molecule has 7 nitrogen and oxygen atoms in total. The minimum absolute atomic E-state index is 0.00648. The topological polar surface area (TPSA) is 62.3 Å². The lowest BCUT2D eigenvalue weighted by atomic mass is 9.81. The van der Waals surface area contributed by atoms with Crippen LogP contribution in [0, 0.1) is 5.82 Å². The molecule has 5 rings (SSSR count). The molecule has 0 saturated carbocycles. The van der Waals surface area contributed by atoms with Gasteiger partial charge in [0, 0.05) is 24.8 Å². The van der Waals surface area contributed by atoms with Crippen molar-refractivity contribution in [2.24, 2.45) is 0 Å². The fourth-order valence-electron chi connectivity index (χ4n) is 5.93. The summed E-state index contributed by atoms with van der Waals surface area (Å²) < 4.78 is 25.6. The Kier molecular flexibility index (Phi) is 7.81. The number of urea groups is 1. The monoisotopic (exact) mass is 545 g/mol. The van der Waals surface area contributed by atoms with Gasteiger partial charge in [0.2, 0.25) is 0 Å². The Balaban J connectivity index is 1.43. The molecule has 2 heterocycles. The maximum atomic E-state index is 14.4. The highest BCUT2D eigenvalue weighted by molar-refractivity contribution is 6.17. The van der Waals surface area contributed by atoms with E-state index in [4.69, 9.17) is 9.47 Å². The summed E-state index contributed by atoms with van der Waals surface area (Å²) in [4.78, 5) is 33.3. The molecule has 2 fully saturated rings. The summed E-state index contributed by atoms with van der Waals surface area (Å²) in [6.07, 6.45) is 0.962. The van der Waals surface area contributed by atoms with E-state index in [1.54, 1.807) is 19.2 Å². The lowest BCUT2D eigenvalue weighted by molar-refractivity contribution is -0.133. The summed E-state index contributed by atoms with van der Waals surface area (Å²) in [7, 11) is 1.58. The molecule has 0 aliphatic carbocycles. The Labute approximate surface area is 235 Å². The molecule has 2 saturated heterocycles. The van der Waals surface area contributed by atoms with Crippen LogP contribution in [0.3, 0.4) is 0 Å². The number of methoxy groups -OCH3 is 1. The van der Waals surface area contributed by atoms with E-state index in [-0.39, 0.29) is 24.6 Å². The van der Waals surface area contributed by atoms with E-state index in [1.807, 2.05) is 50.2 Å². The molecule has 0 bridgehead atoms. The van der Waals surface area contributed by atoms with Gasteiger partial charge in [-0.15, -0.1) is 0 Å². The molecule has 2 aliphatic heterocycles. The maximum Gasteiger partial charge on any atom is 0.332 e. The molecule has 2 aliphatic rings. The Bertz CT molecular complexity index is 1400. The predicted octanol–water partition coefficient (Wildman–Crippen LogP) is 6.01. The maximum absolute atomic E-state index is 14.4. The van der Waals surface area contributed by atoms with Gasteiger partial charge in [-0.3, -0.25) is 19.5 Å². The molecule has 1 unspecified atom stereocenters. The van der Waals surface area contributed by atoms with E-state index in [1.165, 1.54) is 21.9 Å². The third-order valence-corrected chi connectivity index (χ3v) is 7.76. The minimum atomic E-state index is -1.09. The zero-order valence-electron chi connectivity index (χ0n) is 23.5. The minimum Gasteiger partial charge on any atom is -0.497 e. The van der Waals surface area contributed by atoms with Crippen molar-refractivity contribution < 1.29 is 23.5 Å². The number of likely N-dealkylation sites (tertiary alicyclic amines) is 1. The van der Waals surface area contributed by atoms with Crippen LogP contribution in [0.2, 0.25) is 0 Å². The van der Waals surface area contributed by atoms with E-state index >= 15 is 0 Å². The normalized spacial score (nSPS) is 21.5. The molecule has 210 valence electrons. The SMILES string of the molecule is COc1cccc(CN2C(=O)N(c3cccc(F)c3)C3(CCN(Cc4cccc(OC(C)C)c4)[C@@H](C)C3)C2=O)c1. The number of imide groups is 1. The summed E-state index contributed by atoms with van der Waals surface area (Å²) in [5.74, 6) is 0.783. The van der Waals surface area contributed by atoms with E-state index in [0.29, 0.717) is 37.4 Å². The van der Waals surface area contributed by atoms with Gasteiger partial charge < -0.3 is 9.47 Å². The van der Waals surface area contributed by atoms with Crippen molar-refractivity contribution in [3.63, 3.8) is 0 Å². The van der Waals surface area contributed by atoms with Gasteiger partial charge in [0.25, 0.3) is 5.91 Å². The lowest BCUT2D eigenvalue weighted by Crippen LogP contribution is -2.59. The fourth-order valence-corrected chi connectivity index (χ4v) is 5.93. The number of hydrogen-bond acceptors (Lipinski definition) is 5. The van der Waals surface area contributed by atoms with Crippen molar-refractivity contribution in [1.82, 2.24) is 9.80 Å². The van der Waals surface area contributed by atoms with Crippen LogP contribution >= 0.6 is 0 Å². The van der Waals surface area contributed by atoms with E-state index in [0.717, 1.165) is 16.9 Å². The fraction of sp³-hybridized carbons (Fsp3) is 0.375. The van der Waals surface area contributed by atoms with Crippen LogP contribution in [0.1, 0.15) is 44.7 Å². The van der Waals surface area contributed by atoms with E-state index in [9.17, 15) is 14.0 Å². The van der Waals surface area contributed by atoms with Crippen molar-refractivity contribution >= 4 is 17.6 Å². The number of piperidine rings is 1. The van der Waals surface area contributed by atoms with E-state index < -0.39 is 17.4 Å². The molecule has 40 heavy (non-hydrogen) atoms. The first-order valence-corrected chi connectivity index (χ1v) is 13.7. The molecule has 0 N–H and O–H groups in total. The first-order valence-electron chi connectivity index (χ1n) is 13.7. The van der Waals surface area contributed by atoms with Crippen molar-refractivity contribution in [3.8, 4) is 11.5 Å². The van der Waals surface area contributed by atoms with Gasteiger partial charge in [0.05, 0.1) is 19.8 Å². The quantitative estimate of drug-likeness (QED) is 0.324. The number of amides is 3. The summed E-state index contributed by atoms with van der Waals surface area (Å²) >= 11 is 0. The first kappa shape index (κ1) is 27.6. The number of carbonyl (C=O) groups excluding carboxylic acids is 2. The van der Waals surface area contributed by atoms with Crippen LogP contribution in [0.5, 0.6) is 11.5 Å². The van der Waals surface area contributed by atoms with Crippen LogP contribution in [-0.4, -0.2) is 53.1 Å². The Morgan fingerprint density at radius 1 is 0.950 bits per heavy atom. The predicted molar refractivity (Wildman–Crippen MR) is 152 cm³/mol. The van der Waals surface area contributed by atoms with Crippen molar-refractivity contribution in [2.45, 2.75) is 64.4 Å². The number of anilines is 1. The number of halogens is 1. The zero-order valence-corrected chi connectivity index (χ0v) is 23.5. The van der Waals surface area contributed by atoms with Gasteiger partial charge in [-0.1, -0.05) is 30.3 Å². The number of hydrogen-bond donors (Lipinski definition) is 0. The van der Waals surface area contributed by atoms with Gasteiger partial charge >= 0.3 is 6.03 Å². The largest absolute Gasteiger partial charge is 0.497 e. The van der Waals surface area contributed by atoms with Crippen LogP contribution in [-0.2, 0) is 17.9 Å². The smallest absolute Gasteiger partial charge is 0.332 e. The van der Waals surface area contributed by atoms with Gasteiger partial charge in [0.1, 0.15) is 22.9 Å². The van der Waals surface area contributed by atoms with Gasteiger partial charge in [-0.2, -0.15) is 0 Å². The Morgan fingerprint density at radius 3 is 2.30 bits per heavy atom. The third-order valence-electron chi connectivity index (χ3n) is 7.76. The second-order valence-electron chi connectivity index (χ2n) is 11.0. The van der Waals surface area contributed by atoms with Crippen LogP contribution in [0.4, 0.5) is 14.9 Å². The molecule has 0 aromatic heterocycles. The second-order valence-corrected chi connectivity index (χ2v) is 11.0. The zero-order chi connectivity index (χ0) is 28.4. The van der Waals surface area contributed by atoms with Gasteiger partial charge in [-0.05, 0) is 87.2 Å². The first-order chi connectivity index (χ1) is 19.2.